The first-order valence-electron chi connectivity index (χ1n) is 13.1. The molecule has 1 saturated carbocycles. The Morgan fingerprint density at radius 3 is 2.03 bits per heavy atom. The molecule has 0 amide bonds. The lowest BCUT2D eigenvalue weighted by Gasteiger charge is -2.46. The first-order valence-corrected chi connectivity index (χ1v) is 13.1. The van der Waals surface area contributed by atoms with E-state index in [9.17, 15) is 0 Å². The molecule has 0 aromatic heterocycles. The largest absolute Gasteiger partial charge is 0.372 e. The zero-order chi connectivity index (χ0) is 22.1. The number of nitrogens with zero attached hydrogens (tertiary/aromatic N) is 3. The van der Waals surface area contributed by atoms with E-state index in [4.69, 9.17) is 0 Å². The molecule has 0 unspecified atom stereocenters. The van der Waals surface area contributed by atoms with E-state index in [-0.39, 0.29) is 12.4 Å². The fraction of sp³-hybridized carbons (Fsp3) is 0.786. The van der Waals surface area contributed by atoms with Crippen LogP contribution in [0.15, 0.2) is 18.2 Å². The molecular formula is C28H48ClN3. The van der Waals surface area contributed by atoms with Crippen LogP contribution in [0.5, 0.6) is 0 Å². The van der Waals surface area contributed by atoms with Gasteiger partial charge in [0.15, 0.2) is 0 Å². The molecular weight excluding hydrogens is 414 g/mol. The smallest absolute Gasteiger partial charge is 0.0404 e. The molecule has 182 valence electrons. The Balaban J connectivity index is 0.00000289. The molecule has 0 radical (unpaired) electrons. The Kier molecular flexibility index (Phi) is 8.47. The van der Waals surface area contributed by atoms with Crippen molar-refractivity contribution in [3.8, 4) is 0 Å². The minimum Gasteiger partial charge on any atom is -0.372 e. The highest BCUT2D eigenvalue weighted by molar-refractivity contribution is 5.85. The number of rotatable bonds is 5. The fourth-order valence-corrected chi connectivity index (χ4v) is 7.10. The molecule has 32 heavy (non-hydrogen) atoms. The summed E-state index contributed by atoms with van der Waals surface area (Å²) in [5.41, 5.74) is 5.50. The number of anilines is 2. The molecule has 2 heterocycles. The molecule has 2 aliphatic heterocycles. The minimum atomic E-state index is 0. The Hall–Kier alpha value is -0.930. The van der Waals surface area contributed by atoms with E-state index in [0.29, 0.717) is 16.7 Å². The van der Waals surface area contributed by atoms with Crippen LogP contribution in [0.3, 0.4) is 0 Å². The summed E-state index contributed by atoms with van der Waals surface area (Å²) in [6.45, 7) is 20.8. The van der Waals surface area contributed by atoms with Gasteiger partial charge in [0.2, 0.25) is 0 Å². The van der Waals surface area contributed by atoms with Crippen molar-refractivity contribution >= 4 is 23.8 Å². The number of hydrogen-bond acceptors (Lipinski definition) is 3. The van der Waals surface area contributed by atoms with Crippen molar-refractivity contribution in [2.75, 3.05) is 55.6 Å². The second-order valence-corrected chi connectivity index (χ2v) is 12.2. The van der Waals surface area contributed by atoms with Crippen molar-refractivity contribution in [2.45, 2.75) is 85.5 Å². The lowest BCUT2D eigenvalue weighted by atomic mass is 9.60. The van der Waals surface area contributed by atoms with Crippen LogP contribution in [0.2, 0.25) is 0 Å². The summed E-state index contributed by atoms with van der Waals surface area (Å²) in [5, 5.41) is 0. The van der Waals surface area contributed by atoms with Crippen molar-refractivity contribution in [3.05, 3.63) is 23.8 Å². The van der Waals surface area contributed by atoms with Gasteiger partial charge < -0.3 is 9.80 Å². The average molecular weight is 462 g/mol. The molecule has 0 atom stereocenters. The van der Waals surface area contributed by atoms with Gasteiger partial charge in [0.25, 0.3) is 0 Å². The van der Waals surface area contributed by atoms with Crippen LogP contribution in [-0.4, -0.2) is 50.7 Å². The molecule has 3 nitrogen and oxygen atoms in total. The Morgan fingerprint density at radius 1 is 0.812 bits per heavy atom. The van der Waals surface area contributed by atoms with E-state index >= 15 is 0 Å². The first kappa shape index (κ1) is 25.7. The quantitative estimate of drug-likeness (QED) is 0.469. The molecule has 1 aromatic rings. The summed E-state index contributed by atoms with van der Waals surface area (Å²) < 4.78 is 0. The monoisotopic (exact) mass is 461 g/mol. The van der Waals surface area contributed by atoms with E-state index in [1.165, 1.54) is 102 Å². The standard InChI is InChI=1S/C28H47N3.ClH/c1-6-12-29-15-17-31(18-16-29)26-11-10-24(30-13-8-7-9-14-30)19-25(26)23-20-27(2,3)22-28(4,5)21-23;/h10-11,19,23H,6-9,12-18,20-22H2,1-5H3;1H. The van der Waals surface area contributed by atoms with Crippen LogP contribution >= 0.6 is 12.4 Å². The van der Waals surface area contributed by atoms with Gasteiger partial charge in [0.1, 0.15) is 0 Å². The van der Waals surface area contributed by atoms with Gasteiger partial charge in [-0.2, -0.15) is 0 Å². The van der Waals surface area contributed by atoms with Gasteiger partial charge in [0, 0.05) is 50.6 Å². The normalized spacial score (nSPS) is 24.3. The van der Waals surface area contributed by atoms with E-state index in [1.807, 2.05) is 0 Å². The molecule has 1 aliphatic carbocycles. The Bertz CT molecular complexity index is 714. The lowest BCUT2D eigenvalue weighted by molar-refractivity contribution is 0.0970. The fourth-order valence-electron chi connectivity index (χ4n) is 7.10. The van der Waals surface area contributed by atoms with Gasteiger partial charge in [-0.3, -0.25) is 4.90 Å². The second-order valence-electron chi connectivity index (χ2n) is 12.2. The highest BCUT2D eigenvalue weighted by atomic mass is 35.5. The summed E-state index contributed by atoms with van der Waals surface area (Å²) in [5.74, 6) is 0.673. The Labute approximate surface area is 204 Å². The van der Waals surface area contributed by atoms with Crippen molar-refractivity contribution in [2.24, 2.45) is 10.8 Å². The lowest BCUT2D eigenvalue weighted by Crippen LogP contribution is -2.47. The van der Waals surface area contributed by atoms with Crippen LogP contribution in [0.4, 0.5) is 11.4 Å². The summed E-state index contributed by atoms with van der Waals surface area (Å²) in [6, 6.07) is 7.53. The number of halogens is 1. The highest BCUT2D eigenvalue weighted by Gasteiger charge is 2.40. The maximum atomic E-state index is 2.70. The van der Waals surface area contributed by atoms with Crippen molar-refractivity contribution in [1.82, 2.24) is 4.90 Å². The molecule has 3 aliphatic rings. The Morgan fingerprint density at radius 2 is 1.44 bits per heavy atom. The number of hydrogen-bond donors (Lipinski definition) is 0. The molecule has 4 heteroatoms. The third-order valence-electron chi connectivity index (χ3n) is 7.98. The number of piperidine rings is 1. The summed E-state index contributed by atoms with van der Waals surface area (Å²) >= 11 is 0. The van der Waals surface area contributed by atoms with Crippen LogP contribution < -0.4 is 9.80 Å². The van der Waals surface area contributed by atoms with Crippen LogP contribution in [-0.2, 0) is 0 Å². The van der Waals surface area contributed by atoms with Crippen LogP contribution in [0, 0.1) is 10.8 Å². The topological polar surface area (TPSA) is 9.72 Å². The SMILES string of the molecule is CCCN1CCN(c2ccc(N3CCCCC3)cc2C2CC(C)(C)CC(C)(C)C2)CC1.Cl. The van der Waals surface area contributed by atoms with E-state index in [2.05, 4.69) is 67.5 Å². The van der Waals surface area contributed by atoms with Crippen molar-refractivity contribution in [3.63, 3.8) is 0 Å². The zero-order valence-corrected chi connectivity index (χ0v) is 22.3. The third-order valence-corrected chi connectivity index (χ3v) is 7.98. The van der Waals surface area contributed by atoms with Gasteiger partial charge in [-0.25, -0.2) is 0 Å². The van der Waals surface area contributed by atoms with Crippen molar-refractivity contribution < 1.29 is 0 Å². The molecule has 0 spiro atoms. The molecule has 3 fully saturated rings. The number of benzene rings is 1. The van der Waals surface area contributed by atoms with Gasteiger partial charge in [-0.1, -0.05) is 34.6 Å². The molecule has 0 bridgehead atoms. The average Bonchev–Trinajstić information content (AvgIpc) is 2.73. The summed E-state index contributed by atoms with van der Waals surface area (Å²) in [7, 11) is 0. The van der Waals surface area contributed by atoms with Crippen LogP contribution in [0.25, 0.3) is 0 Å². The third kappa shape index (κ3) is 6.14. The molecule has 0 N–H and O–H groups in total. The highest BCUT2D eigenvalue weighted by Crippen LogP contribution is 2.53. The first-order chi connectivity index (χ1) is 14.8. The number of piperazine rings is 1. The molecule has 2 saturated heterocycles. The van der Waals surface area contributed by atoms with Gasteiger partial charge in [0.05, 0.1) is 0 Å². The maximum absolute atomic E-state index is 2.70. The zero-order valence-electron chi connectivity index (χ0n) is 21.5. The second kappa shape index (κ2) is 10.6. The van der Waals surface area contributed by atoms with Crippen molar-refractivity contribution in [1.29, 1.82) is 0 Å². The molecule has 4 rings (SSSR count). The van der Waals surface area contributed by atoms with Gasteiger partial charge in [-0.15, -0.1) is 12.4 Å². The van der Waals surface area contributed by atoms with Gasteiger partial charge in [-0.05, 0) is 92.0 Å². The maximum Gasteiger partial charge on any atom is 0.0404 e. The van der Waals surface area contributed by atoms with E-state index < -0.39 is 0 Å². The minimum absolute atomic E-state index is 0. The van der Waals surface area contributed by atoms with E-state index in [0.717, 1.165) is 0 Å². The van der Waals surface area contributed by atoms with Crippen LogP contribution in [0.1, 0.15) is 91.0 Å². The summed E-state index contributed by atoms with van der Waals surface area (Å²) in [4.78, 5) is 8.00. The predicted molar refractivity (Wildman–Crippen MR) is 143 cm³/mol. The predicted octanol–water partition coefficient (Wildman–Crippen LogP) is 6.95. The molecule has 1 aromatic carbocycles. The van der Waals surface area contributed by atoms with E-state index in [1.54, 1.807) is 5.56 Å². The van der Waals surface area contributed by atoms with Gasteiger partial charge >= 0.3 is 0 Å². The summed E-state index contributed by atoms with van der Waals surface area (Å²) in [6.07, 6.45) is 9.34.